The second-order valence-electron chi connectivity index (χ2n) is 6.42. The maximum absolute atomic E-state index is 12.6. The molecule has 6 heteroatoms. The van der Waals surface area contributed by atoms with Gasteiger partial charge in [0.2, 0.25) is 6.10 Å². The van der Waals surface area contributed by atoms with Gasteiger partial charge in [-0.3, -0.25) is 4.79 Å². The molecule has 1 N–H and O–H groups in total. The molecule has 0 radical (unpaired) electrons. The largest absolute Gasteiger partial charge is 0.497 e. The van der Waals surface area contributed by atoms with Gasteiger partial charge in [0.15, 0.2) is 0 Å². The molecule has 1 aliphatic rings. The van der Waals surface area contributed by atoms with Gasteiger partial charge in [0, 0.05) is 11.6 Å². The normalized spacial score (nSPS) is 14.5. The molecule has 0 aliphatic heterocycles. The van der Waals surface area contributed by atoms with E-state index in [1.807, 2.05) is 12.1 Å². The Kier molecular flexibility index (Phi) is 6.07. The van der Waals surface area contributed by atoms with Crippen LogP contribution in [0.5, 0.6) is 5.75 Å². The summed E-state index contributed by atoms with van der Waals surface area (Å²) in [4.78, 5) is 25.1. The Morgan fingerprint density at radius 2 is 1.82 bits per heavy atom. The fourth-order valence-corrected chi connectivity index (χ4v) is 2.58. The third-order valence-electron chi connectivity index (χ3n) is 4.26. The highest BCUT2D eigenvalue weighted by Gasteiger charge is 2.31. The number of ether oxygens (including phenoxy) is 2. The van der Waals surface area contributed by atoms with Crippen molar-refractivity contribution >= 4 is 18.0 Å². The molecule has 1 fully saturated rings. The number of carbonyl (C=O) groups is 2. The van der Waals surface area contributed by atoms with Crippen LogP contribution in [0.3, 0.4) is 0 Å². The van der Waals surface area contributed by atoms with Crippen LogP contribution in [0.1, 0.15) is 30.1 Å². The van der Waals surface area contributed by atoms with Gasteiger partial charge in [-0.05, 0) is 36.6 Å². The summed E-state index contributed by atoms with van der Waals surface area (Å²) in [5.41, 5.74) is 1.01. The van der Waals surface area contributed by atoms with Crippen LogP contribution in [-0.4, -0.2) is 25.0 Å². The first-order valence-electron chi connectivity index (χ1n) is 8.93. The van der Waals surface area contributed by atoms with Crippen molar-refractivity contribution in [3.63, 3.8) is 0 Å². The van der Waals surface area contributed by atoms with Gasteiger partial charge in [0.25, 0.3) is 5.91 Å². The first-order valence-corrected chi connectivity index (χ1v) is 8.93. The Morgan fingerprint density at radius 3 is 2.39 bits per heavy atom. The van der Waals surface area contributed by atoms with E-state index in [0.717, 1.165) is 12.8 Å². The second kappa shape index (κ2) is 8.87. The van der Waals surface area contributed by atoms with E-state index in [2.05, 4.69) is 5.32 Å². The average molecular weight is 376 g/mol. The lowest BCUT2D eigenvalue weighted by Crippen LogP contribution is -2.33. The van der Waals surface area contributed by atoms with Gasteiger partial charge in [-0.1, -0.05) is 42.5 Å². The lowest BCUT2D eigenvalue weighted by Gasteiger charge is -2.17. The number of nitriles is 1. The van der Waals surface area contributed by atoms with Crippen LogP contribution in [0.2, 0.25) is 0 Å². The Balaban J connectivity index is 1.79. The van der Waals surface area contributed by atoms with Crippen molar-refractivity contribution in [1.82, 2.24) is 5.32 Å². The molecule has 1 atom stereocenters. The summed E-state index contributed by atoms with van der Waals surface area (Å²) in [7, 11) is 1.55. The number of hydrogen-bond acceptors (Lipinski definition) is 5. The maximum atomic E-state index is 12.6. The lowest BCUT2D eigenvalue weighted by atomic mass is 10.1. The topological polar surface area (TPSA) is 88.4 Å². The van der Waals surface area contributed by atoms with E-state index in [-0.39, 0.29) is 17.5 Å². The fourth-order valence-electron chi connectivity index (χ4n) is 2.58. The molecule has 0 spiro atoms. The lowest BCUT2D eigenvalue weighted by molar-refractivity contribution is -0.152. The van der Waals surface area contributed by atoms with Crippen molar-refractivity contribution in [1.29, 1.82) is 5.26 Å². The molecule has 0 bridgehead atoms. The summed E-state index contributed by atoms with van der Waals surface area (Å²) in [6.45, 7) is 0. The third-order valence-corrected chi connectivity index (χ3v) is 4.26. The van der Waals surface area contributed by atoms with Crippen molar-refractivity contribution in [2.24, 2.45) is 0 Å². The van der Waals surface area contributed by atoms with Gasteiger partial charge in [-0.2, -0.15) is 5.26 Å². The SMILES string of the molecule is COc1ccc(/C=C(\C#N)C(=O)O[C@H](C(=O)NC2CC2)c2ccccc2)cc1. The summed E-state index contributed by atoms with van der Waals surface area (Å²) in [5.74, 6) is -0.568. The zero-order valence-electron chi connectivity index (χ0n) is 15.4. The molecule has 1 amide bonds. The number of benzene rings is 2. The van der Waals surface area contributed by atoms with E-state index in [1.54, 1.807) is 55.6 Å². The second-order valence-corrected chi connectivity index (χ2v) is 6.42. The summed E-state index contributed by atoms with van der Waals surface area (Å²) < 4.78 is 10.5. The Bertz CT molecular complexity index is 910. The zero-order valence-corrected chi connectivity index (χ0v) is 15.4. The Hall–Kier alpha value is -3.59. The highest BCUT2D eigenvalue weighted by molar-refractivity contribution is 5.99. The number of amides is 1. The van der Waals surface area contributed by atoms with Crippen molar-refractivity contribution in [3.8, 4) is 11.8 Å². The van der Waals surface area contributed by atoms with Crippen molar-refractivity contribution in [3.05, 3.63) is 71.3 Å². The van der Waals surface area contributed by atoms with Gasteiger partial charge in [-0.25, -0.2) is 4.79 Å². The van der Waals surface area contributed by atoms with E-state index in [4.69, 9.17) is 9.47 Å². The maximum Gasteiger partial charge on any atom is 0.350 e. The number of nitrogens with one attached hydrogen (secondary N) is 1. The highest BCUT2D eigenvalue weighted by atomic mass is 16.5. The first-order chi connectivity index (χ1) is 13.6. The number of rotatable bonds is 7. The predicted octanol–water partition coefficient (Wildman–Crippen LogP) is 3.17. The highest BCUT2D eigenvalue weighted by Crippen LogP contribution is 2.24. The Labute approximate surface area is 163 Å². The quantitative estimate of drug-likeness (QED) is 0.455. The van der Waals surface area contributed by atoms with Crippen LogP contribution in [0.25, 0.3) is 6.08 Å². The summed E-state index contributed by atoms with van der Waals surface area (Å²) in [6.07, 6.45) is 2.15. The minimum Gasteiger partial charge on any atom is -0.497 e. The molecule has 2 aromatic rings. The molecule has 6 nitrogen and oxygen atoms in total. The summed E-state index contributed by atoms with van der Waals surface area (Å²) in [5, 5.41) is 12.2. The molecule has 28 heavy (non-hydrogen) atoms. The number of methoxy groups -OCH3 is 1. The standard InChI is InChI=1S/C22H20N2O4/c1-27-19-11-7-15(8-12-19)13-17(14-23)22(26)28-20(16-5-3-2-4-6-16)21(25)24-18-9-10-18/h2-8,11-13,18,20H,9-10H2,1H3,(H,24,25)/b17-13+/t20-/m0/s1. The average Bonchev–Trinajstić information content (AvgIpc) is 3.55. The molecule has 1 aliphatic carbocycles. The van der Waals surface area contributed by atoms with Crippen LogP contribution in [0.4, 0.5) is 0 Å². The molecule has 0 aromatic heterocycles. The van der Waals surface area contributed by atoms with Gasteiger partial charge in [0.05, 0.1) is 7.11 Å². The summed E-state index contributed by atoms with van der Waals surface area (Å²) >= 11 is 0. The van der Waals surface area contributed by atoms with Crippen molar-refractivity contribution in [2.45, 2.75) is 25.0 Å². The number of nitrogens with zero attached hydrogens (tertiary/aromatic N) is 1. The molecule has 0 unspecified atom stereocenters. The van der Waals surface area contributed by atoms with E-state index in [0.29, 0.717) is 16.9 Å². The molecule has 142 valence electrons. The molecule has 2 aromatic carbocycles. The smallest absolute Gasteiger partial charge is 0.350 e. The zero-order chi connectivity index (χ0) is 19.9. The van der Waals surface area contributed by atoms with Gasteiger partial charge in [0.1, 0.15) is 17.4 Å². The minimum absolute atomic E-state index is 0.127. The van der Waals surface area contributed by atoms with E-state index < -0.39 is 12.1 Å². The molecule has 0 heterocycles. The van der Waals surface area contributed by atoms with Gasteiger partial charge in [-0.15, -0.1) is 0 Å². The van der Waals surface area contributed by atoms with Gasteiger partial charge >= 0.3 is 5.97 Å². The van der Waals surface area contributed by atoms with Crippen LogP contribution in [0.15, 0.2) is 60.2 Å². The predicted molar refractivity (Wildman–Crippen MR) is 103 cm³/mol. The number of carbonyl (C=O) groups excluding carboxylic acids is 2. The Morgan fingerprint density at radius 1 is 1.14 bits per heavy atom. The summed E-state index contributed by atoms with van der Waals surface area (Å²) in [6, 6.07) is 17.6. The fraction of sp³-hybridized carbons (Fsp3) is 0.227. The van der Waals surface area contributed by atoms with Crippen LogP contribution in [0, 0.1) is 11.3 Å². The van der Waals surface area contributed by atoms with Crippen molar-refractivity contribution < 1.29 is 19.1 Å². The molecule has 3 rings (SSSR count). The first kappa shape index (κ1) is 19.2. The number of hydrogen-bond donors (Lipinski definition) is 1. The monoisotopic (exact) mass is 376 g/mol. The van der Waals surface area contributed by atoms with Crippen LogP contribution < -0.4 is 10.1 Å². The minimum atomic E-state index is -1.11. The van der Waals surface area contributed by atoms with E-state index >= 15 is 0 Å². The van der Waals surface area contributed by atoms with Crippen molar-refractivity contribution in [2.75, 3.05) is 7.11 Å². The van der Waals surface area contributed by atoms with Crippen LogP contribution >= 0.6 is 0 Å². The molecular formula is C22H20N2O4. The van der Waals surface area contributed by atoms with E-state index in [1.165, 1.54) is 6.08 Å². The molecular weight excluding hydrogens is 356 g/mol. The number of esters is 1. The van der Waals surface area contributed by atoms with E-state index in [9.17, 15) is 14.9 Å². The molecule has 0 saturated heterocycles. The van der Waals surface area contributed by atoms with Gasteiger partial charge < -0.3 is 14.8 Å². The third kappa shape index (κ3) is 4.98. The molecule has 1 saturated carbocycles. The van der Waals surface area contributed by atoms with Crippen LogP contribution in [-0.2, 0) is 14.3 Å².